The van der Waals surface area contributed by atoms with E-state index in [-0.39, 0.29) is 18.5 Å². The topological polar surface area (TPSA) is 26.3 Å². The molecule has 19 heavy (non-hydrogen) atoms. The lowest BCUT2D eigenvalue weighted by Crippen LogP contribution is -2.16. The summed E-state index contributed by atoms with van der Waals surface area (Å²) in [5.41, 5.74) is 0.701. The van der Waals surface area contributed by atoms with Gasteiger partial charge in [0.15, 0.2) is 5.78 Å². The molecule has 106 valence electrons. The number of hydrogen-bond acceptors (Lipinski definition) is 2. The van der Waals surface area contributed by atoms with Gasteiger partial charge in [-0.25, -0.2) is 0 Å². The van der Waals surface area contributed by atoms with Crippen LogP contribution in [0.1, 0.15) is 56.3 Å². The molecule has 0 saturated heterocycles. The minimum Gasteiger partial charge on any atom is -0.370 e. The molecule has 1 atom stereocenters. The first-order valence-corrected chi connectivity index (χ1v) is 7.83. The third kappa shape index (κ3) is 6.88. The zero-order valence-electron chi connectivity index (χ0n) is 11.8. The highest BCUT2D eigenvalue weighted by molar-refractivity contribution is 9.10. The van der Waals surface area contributed by atoms with Crippen molar-refractivity contribution in [2.45, 2.75) is 52.1 Å². The van der Waals surface area contributed by atoms with Crippen molar-refractivity contribution in [3.05, 3.63) is 34.3 Å². The Labute approximate surface area is 124 Å². The Bertz CT molecular complexity index is 390. The Hall–Kier alpha value is -0.670. The van der Waals surface area contributed by atoms with Crippen LogP contribution < -0.4 is 0 Å². The number of benzene rings is 1. The third-order valence-electron chi connectivity index (χ3n) is 3.11. The van der Waals surface area contributed by atoms with E-state index in [9.17, 15) is 4.79 Å². The highest BCUT2D eigenvalue weighted by Gasteiger charge is 2.09. The van der Waals surface area contributed by atoms with Crippen molar-refractivity contribution in [2.75, 3.05) is 6.61 Å². The van der Waals surface area contributed by atoms with Crippen LogP contribution in [0.2, 0.25) is 0 Å². The fourth-order valence-electron chi connectivity index (χ4n) is 1.91. The molecule has 0 heterocycles. The molecule has 0 amide bonds. The van der Waals surface area contributed by atoms with Gasteiger partial charge in [-0.15, -0.1) is 0 Å². The Morgan fingerprint density at radius 3 is 2.79 bits per heavy atom. The molecule has 0 bridgehead atoms. The summed E-state index contributed by atoms with van der Waals surface area (Å²) in [7, 11) is 0. The molecule has 0 aliphatic heterocycles. The quantitative estimate of drug-likeness (QED) is 0.471. The molecule has 0 saturated carbocycles. The molecule has 0 aromatic heterocycles. The highest BCUT2D eigenvalue weighted by Crippen LogP contribution is 2.13. The minimum absolute atomic E-state index is 0.0432. The predicted octanol–water partition coefficient (Wildman–Crippen LogP) is 5.01. The second-order valence-corrected chi connectivity index (χ2v) is 5.82. The number of unbranched alkanes of at least 4 members (excludes halogenated alkanes) is 3. The van der Waals surface area contributed by atoms with Crippen LogP contribution in [0.5, 0.6) is 0 Å². The minimum atomic E-state index is 0.0432. The first-order valence-electron chi connectivity index (χ1n) is 7.04. The van der Waals surface area contributed by atoms with Crippen LogP contribution in [0.15, 0.2) is 28.7 Å². The van der Waals surface area contributed by atoms with Crippen LogP contribution in [0.25, 0.3) is 0 Å². The van der Waals surface area contributed by atoms with E-state index < -0.39 is 0 Å². The van der Waals surface area contributed by atoms with Gasteiger partial charge in [0.1, 0.15) is 6.61 Å². The number of halogens is 1. The molecule has 0 aliphatic rings. The molecule has 1 aromatic carbocycles. The van der Waals surface area contributed by atoms with Crippen LogP contribution in [-0.4, -0.2) is 18.5 Å². The molecular formula is C16H23BrO2. The lowest BCUT2D eigenvalue weighted by molar-refractivity contribution is 0.0483. The standard InChI is InChI=1S/C16H23BrO2/c1-3-4-5-6-8-13(2)19-12-16(18)14-9-7-10-15(17)11-14/h7,9-11,13H,3-6,8,12H2,1-2H3. The lowest BCUT2D eigenvalue weighted by atomic mass is 10.1. The van der Waals surface area contributed by atoms with Gasteiger partial charge in [-0.3, -0.25) is 4.79 Å². The van der Waals surface area contributed by atoms with Gasteiger partial charge in [0.2, 0.25) is 0 Å². The van der Waals surface area contributed by atoms with E-state index >= 15 is 0 Å². The van der Waals surface area contributed by atoms with Crippen LogP contribution >= 0.6 is 15.9 Å². The number of carbonyl (C=O) groups is 1. The Morgan fingerprint density at radius 2 is 2.11 bits per heavy atom. The molecule has 0 N–H and O–H groups in total. The van der Waals surface area contributed by atoms with E-state index in [1.54, 1.807) is 0 Å². The van der Waals surface area contributed by atoms with E-state index in [2.05, 4.69) is 22.9 Å². The highest BCUT2D eigenvalue weighted by atomic mass is 79.9. The first-order chi connectivity index (χ1) is 9.13. The molecule has 1 rings (SSSR count). The van der Waals surface area contributed by atoms with Gasteiger partial charge in [-0.1, -0.05) is 60.7 Å². The summed E-state index contributed by atoms with van der Waals surface area (Å²) in [6.45, 7) is 4.42. The second-order valence-electron chi connectivity index (χ2n) is 4.90. The third-order valence-corrected chi connectivity index (χ3v) is 3.60. The first kappa shape index (κ1) is 16.4. The summed E-state index contributed by atoms with van der Waals surface area (Å²) in [5, 5.41) is 0. The number of Topliss-reactive ketones (excluding diaryl/α,β-unsaturated/α-hetero) is 1. The smallest absolute Gasteiger partial charge is 0.188 e. The maximum atomic E-state index is 11.9. The van der Waals surface area contributed by atoms with Gasteiger partial charge >= 0.3 is 0 Å². The molecule has 3 heteroatoms. The zero-order chi connectivity index (χ0) is 14.1. The summed E-state index contributed by atoms with van der Waals surface area (Å²) >= 11 is 3.37. The Kier molecular flexibility index (Phi) is 7.99. The summed E-state index contributed by atoms with van der Waals surface area (Å²) in [4.78, 5) is 11.9. The van der Waals surface area contributed by atoms with Crippen LogP contribution in [0, 0.1) is 0 Å². The summed E-state index contributed by atoms with van der Waals surface area (Å²) < 4.78 is 6.54. The van der Waals surface area contributed by atoms with Crippen molar-refractivity contribution < 1.29 is 9.53 Å². The van der Waals surface area contributed by atoms with Gasteiger partial charge in [-0.2, -0.15) is 0 Å². The van der Waals surface area contributed by atoms with E-state index in [0.717, 1.165) is 10.9 Å². The molecule has 0 spiro atoms. The van der Waals surface area contributed by atoms with Crippen molar-refractivity contribution >= 4 is 21.7 Å². The molecule has 0 aliphatic carbocycles. The second kappa shape index (κ2) is 9.27. The maximum Gasteiger partial charge on any atom is 0.188 e. The average Bonchev–Trinajstić information content (AvgIpc) is 2.41. The fraction of sp³-hybridized carbons (Fsp3) is 0.562. The zero-order valence-corrected chi connectivity index (χ0v) is 13.4. The van der Waals surface area contributed by atoms with Crippen molar-refractivity contribution in [1.82, 2.24) is 0 Å². The number of ether oxygens (including phenoxy) is 1. The molecule has 1 unspecified atom stereocenters. The van der Waals surface area contributed by atoms with E-state index in [1.165, 1.54) is 25.7 Å². The van der Waals surface area contributed by atoms with Gasteiger partial charge in [-0.05, 0) is 25.5 Å². The van der Waals surface area contributed by atoms with Crippen molar-refractivity contribution in [3.8, 4) is 0 Å². The molecule has 0 fully saturated rings. The molecule has 0 radical (unpaired) electrons. The van der Waals surface area contributed by atoms with Gasteiger partial charge in [0.05, 0.1) is 6.10 Å². The SMILES string of the molecule is CCCCCCC(C)OCC(=O)c1cccc(Br)c1. The number of hydrogen-bond donors (Lipinski definition) is 0. The van der Waals surface area contributed by atoms with Crippen molar-refractivity contribution in [1.29, 1.82) is 0 Å². The summed E-state index contributed by atoms with van der Waals surface area (Å²) in [6, 6.07) is 7.43. The fourth-order valence-corrected chi connectivity index (χ4v) is 2.30. The average molecular weight is 327 g/mol. The summed E-state index contributed by atoms with van der Waals surface area (Å²) in [6.07, 6.45) is 6.16. The van der Waals surface area contributed by atoms with E-state index in [4.69, 9.17) is 4.74 Å². The molecule has 2 nitrogen and oxygen atoms in total. The Morgan fingerprint density at radius 1 is 1.32 bits per heavy atom. The molecular weight excluding hydrogens is 304 g/mol. The van der Waals surface area contributed by atoms with Crippen LogP contribution in [-0.2, 0) is 4.74 Å². The van der Waals surface area contributed by atoms with Crippen molar-refractivity contribution in [3.63, 3.8) is 0 Å². The Balaban J connectivity index is 2.26. The van der Waals surface area contributed by atoms with E-state index in [1.807, 2.05) is 31.2 Å². The largest absolute Gasteiger partial charge is 0.370 e. The number of carbonyl (C=O) groups excluding carboxylic acids is 1. The maximum absolute atomic E-state index is 11.9. The van der Waals surface area contributed by atoms with Gasteiger partial charge < -0.3 is 4.74 Å². The predicted molar refractivity (Wildman–Crippen MR) is 82.6 cm³/mol. The van der Waals surface area contributed by atoms with E-state index in [0.29, 0.717) is 5.56 Å². The lowest BCUT2D eigenvalue weighted by Gasteiger charge is -2.12. The van der Waals surface area contributed by atoms with Crippen molar-refractivity contribution in [2.24, 2.45) is 0 Å². The summed E-state index contributed by atoms with van der Waals surface area (Å²) in [5.74, 6) is 0.0432. The number of ketones is 1. The molecule has 1 aromatic rings. The number of rotatable bonds is 9. The van der Waals surface area contributed by atoms with Gasteiger partial charge in [0.25, 0.3) is 0 Å². The monoisotopic (exact) mass is 326 g/mol. The van der Waals surface area contributed by atoms with Crippen LogP contribution in [0.3, 0.4) is 0 Å². The van der Waals surface area contributed by atoms with Crippen LogP contribution in [0.4, 0.5) is 0 Å². The normalized spacial score (nSPS) is 12.4. The van der Waals surface area contributed by atoms with Gasteiger partial charge in [0, 0.05) is 10.0 Å².